The molecule has 7 nitrogen and oxygen atoms in total. The minimum Gasteiger partial charge on any atom is -0.625 e. The predicted octanol–water partition coefficient (Wildman–Crippen LogP) is -0.886. The molecule has 0 aliphatic rings. The average Bonchev–Trinajstić information content (AvgIpc) is 2.26. The largest absolute Gasteiger partial charge is 0.625 e. The van der Waals surface area contributed by atoms with E-state index in [1.54, 1.807) is 0 Å². The van der Waals surface area contributed by atoms with Crippen molar-refractivity contribution in [1.29, 1.82) is 0 Å². The smallest absolute Gasteiger partial charge is 0.367 e. The Labute approximate surface area is 110 Å². The number of sulfone groups is 2. The molecule has 0 fully saturated rings. The molecule has 10 heteroatoms. The van der Waals surface area contributed by atoms with Gasteiger partial charge in [0, 0.05) is 12.3 Å². The van der Waals surface area contributed by atoms with Crippen molar-refractivity contribution in [1.82, 2.24) is 0 Å². The second-order valence-corrected chi connectivity index (χ2v) is 9.16. The number of benzene rings is 1. The van der Waals surface area contributed by atoms with Gasteiger partial charge in [0.15, 0.2) is 0 Å². The van der Waals surface area contributed by atoms with Crippen LogP contribution in [0.1, 0.15) is 0 Å². The fourth-order valence-corrected chi connectivity index (χ4v) is 5.48. The Morgan fingerprint density at radius 3 is 2.37 bits per heavy atom. The summed E-state index contributed by atoms with van der Waals surface area (Å²) in [6.45, 7) is 0. The van der Waals surface area contributed by atoms with Gasteiger partial charge in [0.05, 0.1) is 0 Å². The molecule has 0 radical (unpaired) electrons. The zero-order chi connectivity index (χ0) is 14.8. The molecule has 1 rings (SSSR count). The third kappa shape index (κ3) is 4.10. The summed E-state index contributed by atoms with van der Waals surface area (Å²) in [6.07, 6.45) is 0.447. The number of rotatable bonds is 2. The van der Waals surface area contributed by atoms with Gasteiger partial charge in [0.2, 0.25) is 15.0 Å². The number of phenolic OH excluding ortho intramolecular Hbond substituents is 1. The number of phenols is 1. The predicted molar refractivity (Wildman–Crippen MR) is 69.9 cm³/mol. The van der Waals surface area contributed by atoms with Crippen LogP contribution in [0.4, 0.5) is 4.79 Å². The maximum Gasteiger partial charge on any atom is 0.367 e. The monoisotopic (exact) mass is 324 g/mol. The summed E-state index contributed by atoms with van der Waals surface area (Å²) in [6, 6.07) is 4.94. The molecule has 0 saturated carbocycles. The van der Waals surface area contributed by atoms with E-state index in [1.165, 1.54) is 18.2 Å². The van der Waals surface area contributed by atoms with Crippen LogP contribution in [0.3, 0.4) is 0 Å². The van der Waals surface area contributed by atoms with Crippen LogP contribution >= 0.6 is 7.77 Å². The summed E-state index contributed by atoms with van der Waals surface area (Å²) in [4.78, 5) is 22.8. The Morgan fingerprint density at radius 2 is 1.89 bits per heavy atom. The molecule has 19 heavy (non-hydrogen) atoms. The van der Waals surface area contributed by atoms with E-state index in [0.717, 1.165) is 6.07 Å². The maximum atomic E-state index is 11.7. The van der Waals surface area contributed by atoms with Crippen molar-refractivity contribution in [3.05, 3.63) is 24.3 Å². The van der Waals surface area contributed by atoms with E-state index in [9.17, 15) is 26.5 Å². The molecule has 104 valence electrons. The lowest BCUT2D eigenvalue weighted by Crippen LogP contribution is -2.23. The Balaban J connectivity index is 3.26. The standard InChI is InChI=1S/C9H9O7PS2/c1-18(13,14)9(11)19(15,16)6-17(12)8-4-2-3-7(10)5-8/h2-6,10H,1H3. The fraction of sp³-hybridized carbons (Fsp3) is 0.111. The molecule has 0 aliphatic carbocycles. The van der Waals surface area contributed by atoms with Crippen molar-refractivity contribution < 1.29 is 31.6 Å². The second-order valence-electron chi connectivity index (χ2n) is 3.52. The molecule has 0 spiro atoms. The summed E-state index contributed by atoms with van der Waals surface area (Å²) < 4.78 is 42.6. The number of hydrogen-bond donors (Lipinski definition) is 1. The third-order valence-corrected chi connectivity index (χ3v) is 7.19. The van der Waals surface area contributed by atoms with Crippen LogP contribution < -0.4 is 10.2 Å². The highest BCUT2D eigenvalue weighted by Crippen LogP contribution is 2.16. The van der Waals surface area contributed by atoms with E-state index >= 15 is 0 Å². The van der Waals surface area contributed by atoms with Crippen molar-refractivity contribution in [2.75, 3.05) is 6.26 Å². The minimum absolute atomic E-state index is 0.0418. The summed E-state index contributed by atoms with van der Waals surface area (Å²) in [5.41, 5.74) is 0. The Kier molecular flexibility index (Phi) is 4.46. The molecule has 1 N–H and O–H groups in total. The average molecular weight is 324 g/mol. The molecule has 0 heterocycles. The van der Waals surface area contributed by atoms with Gasteiger partial charge in [0.25, 0.3) is 9.84 Å². The van der Waals surface area contributed by atoms with Crippen molar-refractivity contribution in [3.63, 3.8) is 0 Å². The molecule has 0 bridgehead atoms. The van der Waals surface area contributed by atoms with Gasteiger partial charge in [-0.15, -0.1) is 0 Å². The first-order chi connectivity index (χ1) is 8.54. The topological polar surface area (TPSA) is 129 Å². The van der Waals surface area contributed by atoms with Crippen molar-refractivity contribution in [3.8, 4) is 5.75 Å². The molecule has 0 aliphatic heterocycles. The van der Waals surface area contributed by atoms with Gasteiger partial charge >= 0.3 is 4.45 Å². The maximum absolute atomic E-state index is 11.7. The van der Waals surface area contributed by atoms with Gasteiger partial charge in [-0.1, -0.05) is 6.07 Å². The van der Waals surface area contributed by atoms with E-state index in [4.69, 9.17) is 5.11 Å². The Hall–Kier alpha value is -1.28. The summed E-state index contributed by atoms with van der Waals surface area (Å²) >= 11 is 0. The number of aromatic hydroxyl groups is 1. The number of carbonyl (C=O) groups is 1. The molecule has 1 aromatic rings. The zero-order valence-corrected chi connectivity index (χ0v) is 12.1. The molecule has 1 unspecified atom stereocenters. The van der Waals surface area contributed by atoms with Crippen molar-refractivity contribution >= 4 is 42.3 Å². The summed E-state index contributed by atoms with van der Waals surface area (Å²) in [5.74, 6) is -0.235. The third-order valence-electron chi connectivity index (χ3n) is 1.85. The molecule has 0 aromatic heterocycles. The van der Waals surface area contributed by atoms with Crippen LogP contribution in [0, 0.1) is 0 Å². The van der Waals surface area contributed by atoms with E-state index in [2.05, 4.69) is 0 Å². The van der Waals surface area contributed by atoms with Crippen molar-refractivity contribution in [2.45, 2.75) is 0 Å². The highest BCUT2D eigenvalue weighted by molar-refractivity contribution is 8.38. The lowest BCUT2D eigenvalue weighted by atomic mass is 10.3. The molecule has 1 atom stereocenters. The molecule has 0 amide bonds. The van der Waals surface area contributed by atoms with Gasteiger partial charge < -0.3 is 10.00 Å². The number of carbonyl (C=O) groups excluding carboxylic acids is 1. The van der Waals surface area contributed by atoms with Gasteiger partial charge in [-0.25, -0.2) is 16.8 Å². The normalized spacial score (nSPS) is 13.3. The van der Waals surface area contributed by atoms with Gasteiger partial charge in [-0.3, -0.25) is 4.79 Å². The van der Waals surface area contributed by atoms with Gasteiger partial charge in [0.1, 0.15) is 18.8 Å². The fourth-order valence-electron chi connectivity index (χ4n) is 1.07. The lowest BCUT2D eigenvalue weighted by molar-refractivity contribution is -0.149. The Bertz CT molecular complexity index is 747. The quantitative estimate of drug-likeness (QED) is 0.699. The lowest BCUT2D eigenvalue weighted by Gasteiger charge is -1.99. The molecular weight excluding hydrogens is 315 g/mol. The highest BCUT2D eigenvalue weighted by Gasteiger charge is 2.32. The number of hydrogen-bond acceptors (Lipinski definition) is 7. The van der Waals surface area contributed by atoms with Crippen LogP contribution in [0.2, 0.25) is 0 Å². The van der Waals surface area contributed by atoms with Gasteiger partial charge in [-0.2, -0.15) is 0 Å². The van der Waals surface area contributed by atoms with Crippen LogP contribution in [-0.2, 0) is 19.7 Å². The van der Waals surface area contributed by atoms with Gasteiger partial charge in [-0.05, 0) is 12.1 Å². The second kappa shape index (κ2) is 5.38. The van der Waals surface area contributed by atoms with E-state index in [-0.39, 0.29) is 16.2 Å². The summed E-state index contributed by atoms with van der Waals surface area (Å²) in [7, 11) is -11.9. The first-order valence-corrected chi connectivity index (χ1v) is 9.40. The van der Waals surface area contributed by atoms with E-state index < -0.39 is 31.9 Å². The summed E-state index contributed by atoms with van der Waals surface area (Å²) in [5, 5.41) is 9.27. The minimum atomic E-state index is -4.80. The Morgan fingerprint density at radius 1 is 1.32 bits per heavy atom. The molecular formula is C9H9O7PS2. The zero-order valence-electron chi connectivity index (χ0n) is 9.55. The first-order valence-electron chi connectivity index (χ1n) is 4.63. The van der Waals surface area contributed by atoms with Crippen LogP contribution in [-0.4, -0.2) is 37.8 Å². The first kappa shape index (κ1) is 15.8. The highest BCUT2D eigenvalue weighted by atomic mass is 32.3. The van der Waals surface area contributed by atoms with Crippen LogP contribution in [0.15, 0.2) is 24.3 Å². The SMILES string of the molecule is CS(=O)(=O)C(=O)S(=O)(=O)C=[P+]([O-])c1cccc(O)c1. The van der Waals surface area contributed by atoms with Crippen LogP contribution in [0.5, 0.6) is 5.75 Å². The molecule has 1 aromatic carbocycles. The molecule has 0 saturated heterocycles. The van der Waals surface area contributed by atoms with E-state index in [0.29, 0.717) is 6.26 Å². The van der Waals surface area contributed by atoms with Crippen LogP contribution in [0.25, 0.3) is 0 Å². The van der Waals surface area contributed by atoms with Crippen molar-refractivity contribution in [2.24, 2.45) is 0 Å². The van der Waals surface area contributed by atoms with E-state index in [1.807, 2.05) is 0 Å².